The summed E-state index contributed by atoms with van der Waals surface area (Å²) in [4.78, 5) is 7.06. The summed E-state index contributed by atoms with van der Waals surface area (Å²) in [5, 5.41) is 0. The molecule has 0 atom stereocenters. The third kappa shape index (κ3) is 3.61. The van der Waals surface area contributed by atoms with Gasteiger partial charge in [-0.3, -0.25) is 0 Å². The van der Waals surface area contributed by atoms with Crippen molar-refractivity contribution in [3.63, 3.8) is 0 Å². The summed E-state index contributed by atoms with van der Waals surface area (Å²) < 4.78 is 0. The number of nitrogens with zero attached hydrogens (tertiary/aromatic N) is 2. The van der Waals surface area contributed by atoms with Gasteiger partial charge in [0, 0.05) is 24.5 Å². The zero-order chi connectivity index (χ0) is 15.4. The molecule has 0 aliphatic carbocycles. The summed E-state index contributed by atoms with van der Waals surface area (Å²) in [5.41, 5.74) is 10.5. The molecule has 1 aromatic carbocycles. The van der Waals surface area contributed by atoms with E-state index >= 15 is 0 Å². The van der Waals surface area contributed by atoms with Crippen molar-refractivity contribution >= 4 is 11.5 Å². The topological polar surface area (TPSA) is 42.1 Å². The van der Waals surface area contributed by atoms with Gasteiger partial charge in [0.05, 0.1) is 0 Å². The molecule has 0 radical (unpaired) electrons. The predicted molar refractivity (Wildman–Crippen MR) is 90.1 cm³/mol. The number of pyridine rings is 1. The van der Waals surface area contributed by atoms with E-state index in [4.69, 9.17) is 10.7 Å². The van der Waals surface area contributed by atoms with Crippen molar-refractivity contribution in [3.8, 4) is 0 Å². The Balaban J connectivity index is 2.48. The lowest BCUT2D eigenvalue weighted by atomic mass is 10.1. The summed E-state index contributed by atoms with van der Waals surface area (Å²) in [7, 11) is 0. The van der Waals surface area contributed by atoms with Crippen LogP contribution in [0.15, 0.2) is 36.4 Å². The van der Waals surface area contributed by atoms with Gasteiger partial charge in [-0.15, -0.1) is 0 Å². The molecule has 112 valence electrons. The first-order valence-electron chi connectivity index (χ1n) is 7.60. The van der Waals surface area contributed by atoms with Gasteiger partial charge in [0.15, 0.2) is 0 Å². The molecule has 3 nitrogen and oxygen atoms in total. The number of aryl methyl sites for hydroxylation is 1. The molecule has 0 spiro atoms. The SMILES string of the molecule is CCN(c1cccc(C)c1)c1cc(CN)cc(C(C)C)n1. The molecule has 0 bridgehead atoms. The van der Waals surface area contributed by atoms with Crippen LogP contribution in [0.2, 0.25) is 0 Å². The minimum atomic E-state index is 0.395. The van der Waals surface area contributed by atoms with Crippen LogP contribution < -0.4 is 10.6 Å². The van der Waals surface area contributed by atoms with Crippen LogP contribution in [0.1, 0.15) is 43.5 Å². The Morgan fingerprint density at radius 2 is 1.95 bits per heavy atom. The maximum Gasteiger partial charge on any atom is 0.133 e. The van der Waals surface area contributed by atoms with E-state index in [-0.39, 0.29) is 0 Å². The molecule has 0 aliphatic rings. The van der Waals surface area contributed by atoms with Crippen molar-refractivity contribution in [2.24, 2.45) is 5.73 Å². The Morgan fingerprint density at radius 3 is 2.52 bits per heavy atom. The first-order valence-corrected chi connectivity index (χ1v) is 7.60. The fraction of sp³-hybridized carbons (Fsp3) is 0.389. The van der Waals surface area contributed by atoms with Crippen LogP contribution in [0.4, 0.5) is 11.5 Å². The molecule has 1 aromatic heterocycles. The Morgan fingerprint density at radius 1 is 1.19 bits per heavy atom. The van der Waals surface area contributed by atoms with Gasteiger partial charge in [-0.25, -0.2) is 4.98 Å². The summed E-state index contributed by atoms with van der Waals surface area (Å²) in [6, 6.07) is 12.7. The van der Waals surface area contributed by atoms with Crippen LogP contribution in [0.25, 0.3) is 0 Å². The van der Waals surface area contributed by atoms with E-state index in [0.29, 0.717) is 12.5 Å². The molecular weight excluding hydrogens is 258 g/mol. The van der Waals surface area contributed by atoms with Gasteiger partial charge in [-0.2, -0.15) is 0 Å². The van der Waals surface area contributed by atoms with Crippen LogP contribution in [-0.2, 0) is 6.54 Å². The molecule has 0 saturated carbocycles. The van der Waals surface area contributed by atoms with E-state index in [9.17, 15) is 0 Å². The fourth-order valence-corrected chi connectivity index (χ4v) is 2.42. The Kier molecular flexibility index (Phi) is 4.97. The monoisotopic (exact) mass is 283 g/mol. The summed E-state index contributed by atoms with van der Waals surface area (Å²) in [5.74, 6) is 1.38. The number of anilines is 2. The molecule has 2 N–H and O–H groups in total. The van der Waals surface area contributed by atoms with Gasteiger partial charge in [-0.1, -0.05) is 26.0 Å². The molecule has 3 heteroatoms. The second kappa shape index (κ2) is 6.72. The number of benzene rings is 1. The summed E-state index contributed by atoms with van der Waals surface area (Å²) in [6.45, 7) is 10.0. The number of hydrogen-bond donors (Lipinski definition) is 1. The zero-order valence-electron chi connectivity index (χ0n) is 13.4. The van der Waals surface area contributed by atoms with Crippen molar-refractivity contribution < 1.29 is 0 Å². The molecule has 0 amide bonds. The molecular formula is C18H25N3. The van der Waals surface area contributed by atoms with E-state index in [2.05, 4.69) is 69.0 Å². The average molecular weight is 283 g/mol. The fourth-order valence-electron chi connectivity index (χ4n) is 2.42. The molecule has 0 aliphatic heterocycles. The standard InChI is InChI=1S/C18H25N3/c1-5-21(16-8-6-7-14(4)9-16)18-11-15(12-19)10-17(20-18)13(2)3/h6-11,13H,5,12,19H2,1-4H3. The first-order chi connectivity index (χ1) is 10.0. The van der Waals surface area contributed by atoms with Crippen molar-refractivity contribution in [1.29, 1.82) is 0 Å². The lowest BCUT2D eigenvalue weighted by molar-refractivity contribution is 0.809. The Labute approximate surface area is 127 Å². The molecule has 0 saturated heterocycles. The van der Waals surface area contributed by atoms with Gasteiger partial charge < -0.3 is 10.6 Å². The predicted octanol–water partition coefficient (Wildman–Crippen LogP) is 4.13. The van der Waals surface area contributed by atoms with Gasteiger partial charge in [0.2, 0.25) is 0 Å². The van der Waals surface area contributed by atoms with Crippen LogP contribution >= 0.6 is 0 Å². The van der Waals surface area contributed by atoms with E-state index in [1.54, 1.807) is 0 Å². The number of rotatable bonds is 5. The maximum atomic E-state index is 5.85. The Bertz CT molecular complexity index is 605. The van der Waals surface area contributed by atoms with Gasteiger partial charge >= 0.3 is 0 Å². The van der Waals surface area contributed by atoms with Crippen molar-refractivity contribution in [3.05, 3.63) is 53.2 Å². The van der Waals surface area contributed by atoms with E-state index < -0.39 is 0 Å². The molecule has 21 heavy (non-hydrogen) atoms. The van der Waals surface area contributed by atoms with Crippen LogP contribution in [0, 0.1) is 6.92 Å². The van der Waals surface area contributed by atoms with E-state index in [1.165, 1.54) is 11.3 Å². The second-order valence-corrected chi connectivity index (χ2v) is 5.70. The van der Waals surface area contributed by atoms with Crippen LogP contribution in [-0.4, -0.2) is 11.5 Å². The average Bonchev–Trinajstić information content (AvgIpc) is 2.47. The minimum absolute atomic E-state index is 0.395. The van der Waals surface area contributed by atoms with Crippen LogP contribution in [0.5, 0.6) is 0 Å². The van der Waals surface area contributed by atoms with E-state index in [1.807, 2.05) is 0 Å². The third-order valence-electron chi connectivity index (χ3n) is 3.62. The highest BCUT2D eigenvalue weighted by Crippen LogP contribution is 2.27. The van der Waals surface area contributed by atoms with E-state index in [0.717, 1.165) is 23.6 Å². The highest BCUT2D eigenvalue weighted by atomic mass is 15.2. The van der Waals surface area contributed by atoms with Gasteiger partial charge in [0.25, 0.3) is 0 Å². The lowest BCUT2D eigenvalue weighted by Crippen LogP contribution is -2.19. The van der Waals surface area contributed by atoms with Crippen LogP contribution in [0.3, 0.4) is 0 Å². The molecule has 0 fully saturated rings. The zero-order valence-corrected chi connectivity index (χ0v) is 13.4. The highest BCUT2D eigenvalue weighted by molar-refractivity contribution is 5.61. The number of aromatic nitrogens is 1. The quantitative estimate of drug-likeness (QED) is 0.897. The summed E-state index contributed by atoms with van der Waals surface area (Å²) in [6.07, 6.45) is 0. The minimum Gasteiger partial charge on any atom is -0.327 e. The number of nitrogens with two attached hydrogens (primary N) is 1. The van der Waals surface area contributed by atoms with Crippen molar-refractivity contribution in [2.75, 3.05) is 11.4 Å². The molecule has 2 rings (SSSR count). The Hall–Kier alpha value is -1.87. The second-order valence-electron chi connectivity index (χ2n) is 5.70. The molecule has 1 heterocycles. The molecule has 2 aromatic rings. The highest BCUT2D eigenvalue weighted by Gasteiger charge is 2.12. The lowest BCUT2D eigenvalue weighted by Gasteiger charge is -2.24. The first kappa shape index (κ1) is 15.5. The van der Waals surface area contributed by atoms with Gasteiger partial charge in [-0.05, 0) is 55.2 Å². The molecule has 0 unspecified atom stereocenters. The van der Waals surface area contributed by atoms with Gasteiger partial charge in [0.1, 0.15) is 5.82 Å². The summed E-state index contributed by atoms with van der Waals surface area (Å²) >= 11 is 0. The smallest absolute Gasteiger partial charge is 0.133 e. The number of hydrogen-bond acceptors (Lipinski definition) is 3. The van der Waals surface area contributed by atoms with Crippen molar-refractivity contribution in [1.82, 2.24) is 4.98 Å². The maximum absolute atomic E-state index is 5.85. The van der Waals surface area contributed by atoms with Crippen molar-refractivity contribution in [2.45, 2.75) is 40.2 Å². The third-order valence-corrected chi connectivity index (χ3v) is 3.62. The normalized spacial score (nSPS) is 11.0. The largest absolute Gasteiger partial charge is 0.327 e.